The number of para-hydroxylation sites is 3. The van der Waals surface area contributed by atoms with Crippen molar-refractivity contribution in [3.05, 3.63) is 247 Å². The van der Waals surface area contributed by atoms with Gasteiger partial charge in [-0.05, 0) is 98.1 Å². The van der Waals surface area contributed by atoms with Crippen LogP contribution in [0.3, 0.4) is 0 Å². The first-order valence-electron chi connectivity index (χ1n) is 21.7. The first-order valence-corrected chi connectivity index (χ1v) is 21.7. The molecule has 64 heavy (non-hydrogen) atoms. The van der Waals surface area contributed by atoms with Crippen LogP contribution in [-0.2, 0) is 5.41 Å². The number of rotatable bonds is 6. The van der Waals surface area contributed by atoms with Crippen LogP contribution < -0.4 is 0 Å². The maximum absolute atomic E-state index is 5.21. The van der Waals surface area contributed by atoms with Crippen LogP contribution in [0.25, 0.3) is 95.7 Å². The van der Waals surface area contributed by atoms with Gasteiger partial charge in [0, 0.05) is 27.9 Å². The molecule has 0 bridgehead atoms. The topological polar surface area (TPSA) is 56.5 Å². The highest BCUT2D eigenvalue weighted by molar-refractivity contribution is 5.97. The second-order valence-electron chi connectivity index (χ2n) is 16.6. The monoisotopic (exact) mass is 815 g/mol. The number of benzene rings is 9. The zero-order valence-electron chi connectivity index (χ0n) is 34.6. The third-order valence-corrected chi connectivity index (χ3v) is 13.1. The maximum atomic E-state index is 5.21. The zero-order chi connectivity index (χ0) is 42.2. The predicted octanol–water partition coefficient (Wildman–Crippen LogP) is 13.9. The standard InChI is InChI=1S/C59H37N5/c1-4-17-38(18-5-1)55-61-56(39-19-6-2-7-20-39)63-57(62-55)42-32-34-48-47-33-31-41(36-51(47)59(52(48)37-42)49-27-12-10-25-45(49)46-26-11-13-28-50(46)59)40-21-16-22-43(35-40)58-60-53-29-14-15-30-54(53)64(58)44-23-8-3-9-24-44/h1-37H. The Morgan fingerprint density at radius 1 is 0.297 bits per heavy atom. The van der Waals surface area contributed by atoms with Gasteiger partial charge in [-0.3, -0.25) is 4.57 Å². The highest BCUT2D eigenvalue weighted by Crippen LogP contribution is 2.63. The summed E-state index contributed by atoms with van der Waals surface area (Å²) >= 11 is 0. The summed E-state index contributed by atoms with van der Waals surface area (Å²) in [5, 5.41) is 0. The van der Waals surface area contributed by atoms with Crippen LogP contribution in [0.2, 0.25) is 0 Å². The molecule has 2 aromatic heterocycles. The highest BCUT2D eigenvalue weighted by Gasteiger charge is 2.51. The van der Waals surface area contributed by atoms with Gasteiger partial charge < -0.3 is 0 Å². The van der Waals surface area contributed by atoms with Crippen molar-refractivity contribution in [2.24, 2.45) is 0 Å². The second kappa shape index (κ2) is 14.3. The lowest BCUT2D eigenvalue weighted by Crippen LogP contribution is -2.26. The van der Waals surface area contributed by atoms with Gasteiger partial charge in [0.1, 0.15) is 5.82 Å². The van der Waals surface area contributed by atoms with Crippen LogP contribution in [0, 0.1) is 0 Å². The smallest absolute Gasteiger partial charge is 0.164 e. The molecule has 9 aromatic carbocycles. The molecule has 5 nitrogen and oxygen atoms in total. The van der Waals surface area contributed by atoms with E-state index in [1.807, 2.05) is 36.4 Å². The van der Waals surface area contributed by atoms with Crippen molar-refractivity contribution in [1.29, 1.82) is 0 Å². The van der Waals surface area contributed by atoms with Crippen LogP contribution in [0.1, 0.15) is 22.3 Å². The van der Waals surface area contributed by atoms with Crippen LogP contribution in [-0.4, -0.2) is 24.5 Å². The summed E-state index contributed by atoms with van der Waals surface area (Å²) in [5.41, 5.74) is 18.7. The maximum Gasteiger partial charge on any atom is 0.164 e. The van der Waals surface area contributed by atoms with E-state index >= 15 is 0 Å². The van der Waals surface area contributed by atoms with Crippen molar-refractivity contribution in [3.8, 4) is 84.6 Å². The minimum atomic E-state index is -0.583. The number of aromatic nitrogens is 5. The molecule has 0 N–H and O–H groups in total. The van der Waals surface area contributed by atoms with Crippen molar-refractivity contribution < 1.29 is 0 Å². The van der Waals surface area contributed by atoms with E-state index in [0.29, 0.717) is 17.5 Å². The Labute approximate surface area is 370 Å². The first-order chi connectivity index (χ1) is 31.7. The summed E-state index contributed by atoms with van der Waals surface area (Å²) in [6.45, 7) is 0. The summed E-state index contributed by atoms with van der Waals surface area (Å²) in [4.78, 5) is 20.6. The molecule has 5 heteroatoms. The Bertz CT molecular complexity index is 3510. The van der Waals surface area contributed by atoms with Crippen molar-refractivity contribution in [3.63, 3.8) is 0 Å². The summed E-state index contributed by atoms with van der Waals surface area (Å²) in [6, 6.07) is 79.9. The Kier molecular flexibility index (Phi) is 8.06. The molecule has 0 saturated heterocycles. The van der Waals surface area contributed by atoms with Gasteiger partial charge in [0.15, 0.2) is 17.5 Å². The van der Waals surface area contributed by atoms with Crippen LogP contribution in [0.5, 0.6) is 0 Å². The minimum Gasteiger partial charge on any atom is -0.292 e. The fourth-order valence-corrected chi connectivity index (χ4v) is 10.3. The predicted molar refractivity (Wildman–Crippen MR) is 258 cm³/mol. The molecule has 0 unspecified atom stereocenters. The van der Waals surface area contributed by atoms with Crippen molar-refractivity contribution in [2.45, 2.75) is 5.41 Å². The van der Waals surface area contributed by atoms with Gasteiger partial charge in [-0.2, -0.15) is 0 Å². The molecule has 11 aromatic rings. The van der Waals surface area contributed by atoms with E-state index in [0.717, 1.165) is 55.9 Å². The first kappa shape index (κ1) is 36.1. The van der Waals surface area contributed by atoms with Crippen LogP contribution in [0.15, 0.2) is 224 Å². The normalized spacial score (nSPS) is 12.8. The van der Waals surface area contributed by atoms with Crippen LogP contribution in [0.4, 0.5) is 0 Å². The Hall–Kier alpha value is -8.54. The number of imidazole rings is 1. The van der Waals surface area contributed by atoms with Gasteiger partial charge >= 0.3 is 0 Å². The zero-order valence-corrected chi connectivity index (χ0v) is 34.6. The van der Waals surface area contributed by atoms with Gasteiger partial charge in [0.05, 0.1) is 16.4 Å². The van der Waals surface area contributed by atoms with Crippen molar-refractivity contribution in [2.75, 3.05) is 0 Å². The average Bonchev–Trinajstić information content (AvgIpc) is 4.01. The number of hydrogen-bond donors (Lipinski definition) is 0. The lowest BCUT2D eigenvalue weighted by atomic mass is 9.70. The summed E-state index contributed by atoms with van der Waals surface area (Å²) in [5.74, 6) is 2.84. The largest absolute Gasteiger partial charge is 0.292 e. The summed E-state index contributed by atoms with van der Waals surface area (Å²) < 4.78 is 2.27. The minimum absolute atomic E-state index is 0.583. The molecule has 2 heterocycles. The molecule has 2 aliphatic carbocycles. The highest BCUT2D eigenvalue weighted by atomic mass is 15.1. The fraction of sp³-hybridized carbons (Fsp3) is 0.0169. The number of nitrogens with zero attached hydrogens (tertiary/aromatic N) is 5. The van der Waals surface area contributed by atoms with Gasteiger partial charge in [-0.25, -0.2) is 19.9 Å². The van der Waals surface area contributed by atoms with Crippen LogP contribution >= 0.6 is 0 Å². The molecule has 0 amide bonds. The molecule has 0 fully saturated rings. The van der Waals surface area contributed by atoms with Crippen molar-refractivity contribution >= 4 is 11.0 Å². The Morgan fingerprint density at radius 2 is 0.750 bits per heavy atom. The SMILES string of the molecule is c1ccc(-c2nc(-c3ccccc3)nc(-c3ccc4c(c3)C3(c5ccccc5-c5ccccc53)c3cc(-c5cccc(-c6nc7ccccc7n6-c6ccccc6)c5)ccc3-4)n2)cc1. The lowest BCUT2D eigenvalue weighted by Gasteiger charge is -2.31. The van der Waals surface area contributed by atoms with E-state index in [1.54, 1.807) is 0 Å². The quantitative estimate of drug-likeness (QED) is 0.168. The molecule has 0 saturated carbocycles. The van der Waals surface area contributed by atoms with E-state index in [-0.39, 0.29) is 0 Å². The van der Waals surface area contributed by atoms with E-state index in [1.165, 1.54) is 44.5 Å². The molecular weight excluding hydrogens is 779 g/mol. The molecule has 0 radical (unpaired) electrons. The second-order valence-corrected chi connectivity index (χ2v) is 16.6. The summed E-state index contributed by atoms with van der Waals surface area (Å²) in [6.07, 6.45) is 0. The third kappa shape index (κ3) is 5.44. The van der Waals surface area contributed by atoms with Gasteiger partial charge in [0.25, 0.3) is 0 Å². The average molecular weight is 816 g/mol. The third-order valence-electron chi connectivity index (χ3n) is 13.1. The van der Waals surface area contributed by atoms with E-state index in [9.17, 15) is 0 Å². The molecule has 0 aliphatic heterocycles. The lowest BCUT2D eigenvalue weighted by molar-refractivity contribution is 0.794. The summed E-state index contributed by atoms with van der Waals surface area (Å²) in [7, 11) is 0. The molecule has 2 aliphatic rings. The molecule has 0 atom stereocenters. The van der Waals surface area contributed by atoms with E-state index in [4.69, 9.17) is 19.9 Å². The number of hydrogen-bond acceptors (Lipinski definition) is 4. The number of fused-ring (bicyclic) bond motifs is 11. The fourth-order valence-electron chi connectivity index (χ4n) is 10.3. The van der Waals surface area contributed by atoms with Gasteiger partial charge in [-0.1, -0.05) is 182 Å². The molecule has 13 rings (SSSR count). The Balaban J connectivity index is 1.01. The van der Waals surface area contributed by atoms with Gasteiger partial charge in [-0.15, -0.1) is 0 Å². The van der Waals surface area contributed by atoms with E-state index < -0.39 is 5.41 Å². The molecule has 298 valence electrons. The van der Waals surface area contributed by atoms with E-state index in [2.05, 4.69) is 193 Å². The Morgan fingerprint density at radius 3 is 1.39 bits per heavy atom. The molecular formula is C59H37N5. The van der Waals surface area contributed by atoms with Gasteiger partial charge in [0.2, 0.25) is 0 Å². The van der Waals surface area contributed by atoms with Crippen molar-refractivity contribution in [1.82, 2.24) is 24.5 Å². The molecule has 1 spiro atoms.